The predicted octanol–water partition coefficient (Wildman–Crippen LogP) is 5.74. The minimum absolute atomic E-state index is 0.0980. The average Bonchev–Trinajstić information content (AvgIpc) is 3.33. The van der Waals surface area contributed by atoms with Crippen molar-refractivity contribution >= 4 is 0 Å². The number of hydrogen-bond acceptors (Lipinski definition) is 0. The average molecular weight is 332 g/mol. The highest BCUT2D eigenvalue weighted by Gasteiger charge is 2.45. The number of benzene rings is 2. The first-order chi connectivity index (χ1) is 12.2. The Bertz CT molecular complexity index is 768. The van der Waals surface area contributed by atoms with E-state index >= 15 is 0 Å². The lowest BCUT2D eigenvalue weighted by Gasteiger charge is -2.43. The molecule has 2 aromatic carbocycles. The van der Waals surface area contributed by atoms with Gasteiger partial charge in [0.05, 0.1) is 0 Å². The van der Waals surface area contributed by atoms with Crippen LogP contribution in [0.4, 0.5) is 8.78 Å². The minimum atomic E-state index is -0.450. The smallest absolute Gasteiger partial charge is 0.123 e. The molecule has 0 bridgehead atoms. The van der Waals surface area contributed by atoms with Gasteiger partial charge in [-0.05, 0) is 35.4 Å². The molecule has 2 heteroatoms. The molecule has 0 radical (unpaired) electrons. The molecular weight excluding hydrogens is 314 g/mol. The van der Waals surface area contributed by atoms with E-state index in [9.17, 15) is 8.78 Å². The van der Waals surface area contributed by atoms with Gasteiger partial charge in [0.15, 0.2) is 0 Å². The molecule has 124 valence electrons. The molecule has 2 aromatic rings. The largest absolute Gasteiger partial charge is 0.207 e. The van der Waals surface area contributed by atoms with Crippen molar-refractivity contribution in [3.63, 3.8) is 0 Å². The molecule has 0 heterocycles. The Hall–Kier alpha value is -2.74. The van der Waals surface area contributed by atoms with E-state index in [4.69, 9.17) is 0 Å². The Morgan fingerprint density at radius 2 is 0.840 bits per heavy atom. The molecule has 0 saturated heterocycles. The van der Waals surface area contributed by atoms with Gasteiger partial charge in [-0.15, -0.1) is 0 Å². The van der Waals surface area contributed by atoms with Gasteiger partial charge in [-0.2, -0.15) is 0 Å². The molecule has 0 N–H and O–H groups in total. The predicted molar refractivity (Wildman–Crippen MR) is 97.1 cm³/mol. The molecule has 0 aromatic heterocycles. The van der Waals surface area contributed by atoms with Gasteiger partial charge < -0.3 is 0 Å². The van der Waals surface area contributed by atoms with Crippen LogP contribution in [0, 0.1) is 23.5 Å². The van der Waals surface area contributed by atoms with Crippen LogP contribution < -0.4 is 0 Å². The highest BCUT2D eigenvalue weighted by molar-refractivity contribution is 5.49. The lowest BCUT2D eigenvalue weighted by molar-refractivity contribution is 0.379. The summed E-state index contributed by atoms with van der Waals surface area (Å²) < 4.78 is 27.2. The van der Waals surface area contributed by atoms with Crippen LogP contribution in [0.15, 0.2) is 97.1 Å². The first kappa shape index (κ1) is 15.8. The van der Waals surface area contributed by atoms with Crippen molar-refractivity contribution in [2.75, 3.05) is 0 Å². The van der Waals surface area contributed by atoms with Crippen LogP contribution in [0.2, 0.25) is 0 Å². The topological polar surface area (TPSA) is 0 Å². The molecule has 0 nitrogen and oxygen atoms in total. The first-order valence-corrected chi connectivity index (χ1v) is 8.43. The van der Waals surface area contributed by atoms with E-state index in [0.717, 1.165) is 11.1 Å². The van der Waals surface area contributed by atoms with Gasteiger partial charge in [-0.1, -0.05) is 72.9 Å². The molecule has 2 aliphatic carbocycles. The zero-order chi connectivity index (χ0) is 17.3. The Kier molecular flexibility index (Phi) is 3.96. The summed E-state index contributed by atoms with van der Waals surface area (Å²) in [7, 11) is 0. The fourth-order valence-corrected chi connectivity index (χ4v) is 4.08. The summed E-state index contributed by atoms with van der Waals surface area (Å²) in [5.41, 5.74) is 1.58. The molecule has 0 aliphatic heterocycles. The highest BCUT2D eigenvalue weighted by Crippen LogP contribution is 2.50. The van der Waals surface area contributed by atoms with E-state index in [2.05, 4.69) is 24.3 Å². The maximum Gasteiger partial charge on any atom is 0.123 e. The summed E-state index contributed by atoms with van der Waals surface area (Å²) in [5, 5.41) is 0. The number of halogens is 2. The van der Waals surface area contributed by atoms with Gasteiger partial charge in [-0.25, -0.2) is 8.78 Å². The van der Waals surface area contributed by atoms with Crippen LogP contribution in [-0.2, 0) is 5.41 Å². The lowest BCUT2D eigenvalue weighted by Crippen LogP contribution is -2.40. The number of allylic oxidation sites excluding steroid dienone is 8. The highest BCUT2D eigenvalue weighted by atomic mass is 19.1. The third-order valence-electron chi connectivity index (χ3n) is 5.19. The summed E-state index contributed by atoms with van der Waals surface area (Å²) in [6, 6.07) is 13.4. The Balaban J connectivity index is 2.00. The van der Waals surface area contributed by atoms with Crippen LogP contribution in [0.1, 0.15) is 11.1 Å². The van der Waals surface area contributed by atoms with Gasteiger partial charge in [0.1, 0.15) is 11.6 Å². The Labute approximate surface area is 146 Å². The molecule has 0 spiro atoms. The van der Waals surface area contributed by atoms with Gasteiger partial charge in [0.25, 0.3) is 0 Å². The van der Waals surface area contributed by atoms with Crippen molar-refractivity contribution in [1.29, 1.82) is 0 Å². The van der Waals surface area contributed by atoms with Crippen LogP contribution in [0.5, 0.6) is 0 Å². The van der Waals surface area contributed by atoms with Crippen molar-refractivity contribution in [3.8, 4) is 0 Å². The van der Waals surface area contributed by atoms with Crippen molar-refractivity contribution in [2.24, 2.45) is 11.8 Å². The molecule has 25 heavy (non-hydrogen) atoms. The summed E-state index contributed by atoms with van der Waals surface area (Å²) in [6.07, 6.45) is 16.8. The van der Waals surface area contributed by atoms with Gasteiger partial charge >= 0.3 is 0 Å². The summed E-state index contributed by atoms with van der Waals surface area (Å²) in [6.45, 7) is 0. The first-order valence-electron chi connectivity index (χ1n) is 8.43. The summed E-state index contributed by atoms with van der Waals surface area (Å²) in [4.78, 5) is 0. The van der Waals surface area contributed by atoms with Crippen molar-refractivity contribution in [2.45, 2.75) is 5.41 Å². The molecular formula is C23H18F2. The van der Waals surface area contributed by atoms with Crippen molar-refractivity contribution < 1.29 is 8.78 Å². The van der Waals surface area contributed by atoms with Crippen LogP contribution in [0.25, 0.3) is 0 Å². The normalized spacial score (nSPS) is 17.0. The molecule has 4 rings (SSSR count). The van der Waals surface area contributed by atoms with E-state index in [0.29, 0.717) is 0 Å². The zero-order valence-corrected chi connectivity index (χ0v) is 13.6. The maximum atomic E-state index is 13.6. The van der Waals surface area contributed by atoms with Crippen molar-refractivity contribution in [1.82, 2.24) is 0 Å². The van der Waals surface area contributed by atoms with Crippen LogP contribution >= 0.6 is 0 Å². The Morgan fingerprint density at radius 3 is 1.16 bits per heavy atom. The summed E-state index contributed by atoms with van der Waals surface area (Å²) in [5.74, 6) is -0.319. The molecule has 0 saturated carbocycles. The fraction of sp³-hybridized carbons (Fsp3) is 0.130. The SMILES string of the molecule is Fc1ccc(C(c2ccc(F)cc2)(C2C=CC=C2)C2C=CC=C2)cc1. The number of rotatable bonds is 4. The maximum absolute atomic E-state index is 13.6. The van der Waals surface area contributed by atoms with E-state index in [1.54, 1.807) is 0 Å². The molecule has 0 atom stereocenters. The second-order valence-corrected chi connectivity index (χ2v) is 6.47. The van der Waals surface area contributed by atoms with E-state index in [-0.39, 0.29) is 23.5 Å². The van der Waals surface area contributed by atoms with E-state index < -0.39 is 5.41 Å². The second kappa shape index (κ2) is 6.29. The van der Waals surface area contributed by atoms with Gasteiger partial charge in [0, 0.05) is 17.3 Å². The fourth-order valence-electron chi connectivity index (χ4n) is 4.08. The minimum Gasteiger partial charge on any atom is -0.207 e. The van der Waals surface area contributed by atoms with E-state index in [1.807, 2.05) is 48.6 Å². The lowest BCUT2D eigenvalue weighted by atomic mass is 9.59. The molecule has 0 amide bonds. The van der Waals surface area contributed by atoms with Gasteiger partial charge in [0.2, 0.25) is 0 Å². The van der Waals surface area contributed by atoms with Crippen LogP contribution in [0.3, 0.4) is 0 Å². The van der Waals surface area contributed by atoms with Gasteiger partial charge in [-0.3, -0.25) is 0 Å². The monoisotopic (exact) mass is 332 g/mol. The van der Waals surface area contributed by atoms with Crippen LogP contribution in [-0.4, -0.2) is 0 Å². The number of hydrogen-bond donors (Lipinski definition) is 0. The third kappa shape index (κ3) is 2.58. The van der Waals surface area contributed by atoms with E-state index in [1.165, 1.54) is 24.3 Å². The molecule has 0 fully saturated rings. The quantitative estimate of drug-likeness (QED) is 0.670. The second-order valence-electron chi connectivity index (χ2n) is 6.47. The summed E-state index contributed by atoms with van der Waals surface area (Å²) >= 11 is 0. The zero-order valence-electron chi connectivity index (χ0n) is 13.6. The van der Waals surface area contributed by atoms with Crippen molar-refractivity contribution in [3.05, 3.63) is 120 Å². The standard InChI is InChI=1S/C23H18F2/c24-21-13-9-19(10-14-21)23(17-5-1-2-6-17,18-7-3-4-8-18)20-11-15-22(25)16-12-20/h1-18H. The molecule has 0 unspecified atom stereocenters. The third-order valence-corrected chi connectivity index (χ3v) is 5.19. The molecule has 2 aliphatic rings. The Morgan fingerprint density at radius 1 is 0.520 bits per heavy atom.